The molecule has 0 aliphatic carbocycles. The first-order valence-corrected chi connectivity index (χ1v) is 7.63. The summed E-state index contributed by atoms with van der Waals surface area (Å²) in [6.45, 7) is 6.90. The van der Waals surface area contributed by atoms with Gasteiger partial charge in [0.1, 0.15) is 19.3 Å². The molecule has 0 radical (unpaired) electrons. The third-order valence-electron chi connectivity index (χ3n) is 3.71. The van der Waals surface area contributed by atoms with Crippen molar-refractivity contribution in [2.24, 2.45) is 0 Å². The van der Waals surface area contributed by atoms with Crippen molar-refractivity contribution in [2.45, 2.75) is 13.0 Å². The molecule has 3 rings (SSSR count). The Balaban J connectivity index is 0.00000192. The highest BCUT2D eigenvalue weighted by Gasteiger charge is 2.19. The lowest BCUT2D eigenvalue weighted by atomic mass is 10.2. The van der Waals surface area contributed by atoms with Crippen LogP contribution in [-0.4, -0.2) is 63.0 Å². The highest BCUT2D eigenvalue weighted by Crippen LogP contribution is 2.31. The van der Waals surface area contributed by atoms with Crippen LogP contribution in [-0.2, 0) is 9.47 Å². The number of nitrogens with zero attached hydrogens (tertiary/aromatic N) is 1. The molecule has 1 saturated heterocycles. The molecule has 1 unspecified atom stereocenters. The number of halogens is 1. The fraction of sp³-hybridized carbons (Fsp3) is 0.562. The van der Waals surface area contributed by atoms with Gasteiger partial charge in [-0.15, -0.1) is 0 Å². The molecule has 0 aromatic heterocycles. The van der Waals surface area contributed by atoms with E-state index < -0.39 is 0 Å². The Morgan fingerprint density at radius 3 is 2.61 bits per heavy atom. The Morgan fingerprint density at radius 2 is 1.87 bits per heavy atom. The summed E-state index contributed by atoms with van der Waals surface area (Å²) in [6.07, 6.45) is -0.168. The third kappa shape index (κ3) is 4.73. The minimum atomic E-state index is -0.335. The van der Waals surface area contributed by atoms with Gasteiger partial charge in [-0.2, -0.15) is 0 Å². The second-order valence-electron chi connectivity index (χ2n) is 5.49. The van der Waals surface area contributed by atoms with Gasteiger partial charge in [0.05, 0.1) is 18.8 Å². The molecule has 1 atom stereocenters. The van der Waals surface area contributed by atoms with Crippen molar-refractivity contribution in [2.75, 3.05) is 46.1 Å². The summed E-state index contributed by atoms with van der Waals surface area (Å²) in [5, 5.41) is 0. The van der Waals surface area contributed by atoms with Gasteiger partial charge in [0.25, 0.3) is 0 Å². The Morgan fingerprint density at radius 1 is 1.17 bits per heavy atom. The number of carbonyl (C=O) groups excluding carboxylic acids is 1. The summed E-state index contributed by atoms with van der Waals surface area (Å²) in [6, 6.07) is 5.13. The summed E-state index contributed by atoms with van der Waals surface area (Å²) < 4.78 is 21.8. The summed E-state index contributed by atoms with van der Waals surface area (Å²) in [5.74, 6) is 0.934. The number of fused-ring (bicyclic) bond motifs is 1. The first kappa shape index (κ1) is 17.8. The highest BCUT2D eigenvalue weighted by molar-refractivity contribution is 5.90. The van der Waals surface area contributed by atoms with Crippen LogP contribution in [0, 0.1) is 0 Å². The van der Waals surface area contributed by atoms with Crippen molar-refractivity contribution in [1.82, 2.24) is 4.90 Å². The van der Waals surface area contributed by atoms with Crippen LogP contribution in [0.15, 0.2) is 18.2 Å². The Hall–Kier alpha value is -1.50. The van der Waals surface area contributed by atoms with Gasteiger partial charge >= 0.3 is 5.97 Å². The summed E-state index contributed by atoms with van der Waals surface area (Å²) in [5.41, 5.74) is 0.484. The van der Waals surface area contributed by atoms with Crippen molar-refractivity contribution >= 4 is 5.97 Å². The van der Waals surface area contributed by atoms with Gasteiger partial charge in [-0.25, -0.2) is 4.79 Å². The quantitative estimate of drug-likeness (QED) is 0.611. The third-order valence-corrected chi connectivity index (χ3v) is 3.71. The average Bonchev–Trinajstić information content (AvgIpc) is 2.55. The summed E-state index contributed by atoms with van der Waals surface area (Å²) in [4.78, 5) is 14.5. The van der Waals surface area contributed by atoms with Crippen molar-refractivity contribution < 1.29 is 36.1 Å². The predicted molar refractivity (Wildman–Crippen MR) is 79.6 cm³/mol. The minimum absolute atomic E-state index is 0. The molecular weight excluding hydrogens is 322 g/mol. The van der Waals surface area contributed by atoms with Gasteiger partial charge in [-0.3, -0.25) is 4.90 Å². The van der Waals surface area contributed by atoms with Crippen molar-refractivity contribution in [3.63, 3.8) is 0 Å². The Kier molecular flexibility index (Phi) is 6.50. The van der Waals surface area contributed by atoms with Gasteiger partial charge in [0.2, 0.25) is 0 Å². The molecule has 0 saturated carbocycles. The molecule has 1 aromatic rings. The molecule has 23 heavy (non-hydrogen) atoms. The van der Waals surface area contributed by atoms with Crippen LogP contribution in [0.4, 0.5) is 0 Å². The second kappa shape index (κ2) is 8.38. The SMILES string of the molecule is CC(CN1CCOCC1)OC(=O)c1ccc2c(c1)OCCO2.[Cl-]. The molecule has 0 bridgehead atoms. The van der Waals surface area contributed by atoms with Crippen LogP contribution < -0.4 is 21.9 Å². The van der Waals surface area contributed by atoms with E-state index in [9.17, 15) is 4.79 Å². The first-order chi connectivity index (χ1) is 10.7. The zero-order valence-corrected chi connectivity index (χ0v) is 13.9. The molecule has 2 heterocycles. The smallest absolute Gasteiger partial charge is 0.338 e. The largest absolute Gasteiger partial charge is 1.00 e. The van der Waals surface area contributed by atoms with Crippen molar-refractivity contribution in [3.8, 4) is 11.5 Å². The molecule has 1 aromatic carbocycles. The van der Waals surface area contributed by atoms with Crippen molar-refractivity contribution in [3.05, 3.63) is 23.8 Å². The second-order valence-corrected chi connectivity index (χ2v) is 5.49. The molecule has 2 aliphatic rings. The molecule has 0 N–H and O–H groups in total. The average molecular weight is 343 g/mol. The van der Waals surface area contributed by atoms with E-state index in [1.54, 1.807) is 18.2 Å². The number of rotatable bonds is 4. The zero-order chi connectivity index (χ0) is 15.4. The van der Waals surface area contributed by atoms with Crippen molar-refractivity contribution in [1.29, 1.82) is 0 Å². The number of hydrogen-bond donors (Lipinski definition) is 0. The van der Waals surface area contributed by atoms with E-state index in [-0.39, 0.29) is 24.5 Å². The fourth-order valence-corrected chi connectivity index (χ4v) is 2.61. The number of morpholine rings is 1. The van der Waals surface area contributed by atoms with Crippen LogP contribution in [0.1, 0.15) is 17.3 Å². The molecular formula is C16H21ClNO5-. The number of esters is 1. The highest BCUT2D eigenvalue weighted by atomic mass is 35.5. The first-order valence-electron chi connectivity index (χ1n) is 7.63. The van der Waals surface area contributed by atoms with Crippen LogP contribution in [0.5, 0.6) is 11.5 Å². The lowest BCUT2D eigenvalue weighted by molar-refractivity contribution is -0.000658. The van der Waals surface area contributed by atoms with Gasteiger partial charge < -0.3 is 31.4 Å². The normalized spacial score (nSPS) is 18.7. The van der Waals surface area contributed by atoms with Gasteiger partial charge in [-0.05, 0) is 25.1 Å². The van der Waals surface area contributed by atoms with E-state index in [2.05, 4.69) is 4.90 Å². The zero-order valence-electron chi connectivity index (χ0n) is 13.1. The van der Waals surface area contributed by atoms with Gasteiger partial charge in [-0.1, -0.05) is 0 Å². The molecule has 6 nitrogen and oxygen atoms in total. The predicted octanol–water partition coefficient (Wildman–Crippen LogP) is -1.66. The Labute approximate surface area is 142 Å². The standard InChI is InChI=1S/C16H21NO5.ClH/c1-12(11-17-4-6-19-7-5-17)22-16(18)13-2-3-14-15(10-13)21-9-8-20-14;/h2-3,10,12H,4-9,11H2,1H3;1H/p-1. The number of benzene rings is 1. The van der Waals surface area contributed by atoms with Crippen LogP contribution in [0.2, 0.25) is 0 Å². The summed E-state index contributed by atoms with van der Waals surface area (Å²) >= 11 is 0. The molecule has 2 aliphatic heterocycles. The number of carbonyl (C=O) groups is 1. The summed E-state index contributed by atoms with van der Waals surface area (Å²) in [7, 11) is 0. The molecule has 0 amide bonds. The lowest BCUT2D eigenvalue weighted by Gasteiger charge is -2.28. The van der Waals surface area contributed by atoms with E-state index in [0.29, 0.717) is 30.3 Å². The Bertz CT molecular complexity index is 533. The van der Waals surface area contributed by atoms with E-state index in [4.69, 9.17) is 18.9 Å². The maximum absolute atomic E-state index is 12.2. The number of ether oxygens (including phenoxy) is 4. The molecule has 128 valence electrons. The minimum Gasteiger partial charge on any atom is -1.00 e. The van der Waals surface area contributed by atoms with Crippen LogP contribution >= 0.6 is 0 Å². The molecule has 0 spiro atoms. The van der Waals surface area contributed by atoms with E-state index in [0.717, 1.165) is 32.8 Å². The van der Waals surface area contributed by atoms with E-state index in [1.165, 1.54) is 0 Å². The lowest BCUT2D eigenvalue weighted by Crippen LogP contribution is -3.00. The fourth-order valence-electron chi connectivity index (χ4n) is 2.61. The number of hydrogen-bond acceptors (Lipinski definition) is 6. The molecule has 1 fully saturated rings. The van der Waals surface area contributed by atoms with Crippen LogP contribution in [0.25, 0.3) is 0 Å². The topological polar surface area (TPSA) is 57.2 Å². The van der Waals surface area contributed by atoms with Gasteiger partial charge in [0, 0.05) is 19.6 Å². The van der Waals surface area contributed by atoms with Crippen LogP contribution in [0.3, 0.4) is 0 Å². The van der Waals surface area contributed by atoms with E-state index in [1.807, 2.05) is 6.92 Å². The maximum atomic E-state index is 12.2. The maximum Gasteiger partial charge on any atom is 0.338 e. The monoisotopic (exact) mass is 342 g/mol. The van der Waals surface area contributed by atoms with Gasteiger partial charge in [0.15, 0.2) is 11.5 Å². The molecule has 7 heteroatoms. The van der Waals surface area contributed by atoms with E-state index >= 15 is 0 Å².